The van der Waals surface area contributed by atoms with Crippen molar-refractivity contribution in [3.63, 3.8) is 0 Å². The van der Waals surface area contributed by atoms with Gasteiger partial charge in [0.25, 0.3) is 0 Å². The van der Waals surface area contributed by atoms with Crippen LogP contribution in [0.25, 0.3) is 0 Å². The maximum Gasteiger partial charge on any atom is 0.160 e. The second kappa shape index (κ2) is 5.77. The van der Waals surface area contributed by atoms with E-state index in [1.807, 2.05) is 0 Å². The molecule has 0 aliphatic rings. The lowest BCUT2D eigenvalue weighted by Crippen LogP contribution is -2.07. The normalized spacial score (nSPS) is 12.2. The Hall–Kier alpha value is -1.65. The molecule has 2 rings (SSSR count). The van der Waals surface area contributed by atoms with Crippen LogP contribution < -0.4 is 5.32 Å². The van der Waals surface area contributed by atoms with Crippen LogP contribution in [0.1, 0.15) is 18.5 Å². The minimum atomic E-state index is -0.674. The van der Waals surface area contributed by atoms with Gasteiger partial charge in [-0.15, -0.1) is 0 Å². The summed E-state index contributed by atoms with van der Waals surface area (Å²) in [5.74, 6) is -0.588. The van der Waals surface area contributed by atoms with Crippen LogP contribution in [0, 0.1) is 5.82 Å². The van der Waals surface area contributed by atoms with E-state index in [1.165, 1.54) is 30.3 Å². The van der Waals surface area contributed by atoms with Crippen LogP contribution in [0.2, 0.25) is 10.0 Å². The molecule has 6 heteroatoms. The zero-order valence-corrected chi connectivity index (χ0v) is 12.0. The third-order valence-corrected chi connectivity index (χ3v) is 3.39. The molecule has 0 aromatic heterocycles. The van der Waals surface area contributed by atoms with Crippen LogP contribution in [0.4, 0.5) is 10.1 Å². The average molecular weight is 316 g/mol. The monoisotopic (exact) mass is 315 g/mol. The van der Waals surface area contributed by atoms with E-state index in [9.17, 15) is 14.6 Å². The predicted octanol–water partition coefficient (Wildman–Crippen LogP) is 4.72. The summed E-state index contributed by atoms with van der Waals surface area (Å²) in [6, 6.07) is 6.70. The van der Waals surface area contributed by atoms with E-state index in [1.54, 1.807) is 6.92 Å². The Kier molecular flexibility index (Phi) is 4.26. The largest absolute Gasteiger partial charge is 0.508 e. The molecule has 0 saturated heterocycles. The van der Waals surface area contributed by atoms with Crippen molar-refractivity contribution in [1.82, 2.24) is 0 Å². The van der Waals surface area contributed by atoms with Gasteiger partial charge in [-0.25, -0.2) is 4.39 Å². The minimum Gasteiger partial charge on any atom is -0.508 e. The quantitative estimate of drug-likeness (QED) is 0.567. The van der Waals surface area contributed by atoms with E-state index in [4.69, 9.17) is 23.2 Å². The van der Waals surface area contributed by atoms with Gasteiger partial charge in [-0.2, -0.15) is 0 Å². The molecule has 0 aliphatic heterocycles. The Balaban J connectivity index is 2.27. The van der Waals surface area contributed by atoms with Gasteiger partial charge >= 0.3 is 0 Å². The summed E-state index contributed by atoms with van der Waals surface area (Å²) in [6.45, 7) is 1.78. The minimum absolute atomic E-state index is 0.0432. The van der Waals surface area contributed by atoms with E-state index in [0.717, 1.165) is 0 Å². The van der Waals surface area contributed by atoms with Gasteiger partial charge in [0.05, 0.1) is 16.1 Å². The van der Waals surface area contributed by atoms with Gasteiger partial charge in [0.15, 0.2) is 5.82 Å². The highest BCUT2D eigenvalue weighted by molar-refractivity contribution is 6.35. The second-order valence-corrected chi connectivity index (χ2v) is 5.18. The van der Waals surface area contributed by atoms with Crippen molar-refractivity contribution >= 4 is 28.9 Å². The van der Waals surface area contributed by atoms with Gasteiger partial charge in [-0.05, 0) is 37.3 Å². The molecule has 0 spiro atoms. The third kappa shape index (κ3) is 3.08. The lowest BCUT2D eigenvalue weighted by molar-refractivity contribution is 0.451. The summed E-state index contributed by atoms with van der Waals surface area (Å²) < 4.78 is 13.3. The van der Waals surface area contributed by atoms with Crippen LogP contribution >= 0.6 is 23.2 Å². The highest BCUT2D eigenvalue weighted by Gasteiger charge is 2.13. The zero-order valence-electron chi connectivity index (χ0n) is 10.5. The number of benzene rings is 2. The van der Waals surface area contributed by atoms with Gasteiger partial charge in [0, 0.05) is 11.3 Å². The number of anilines is 1. The molecular formula is C14H12Cl2FNO2. The van der Waals surface area contributed by atoms with Crippen molar-refractivity contribution in [3.05, 3.63) is 51.8 Å². The predicted molar refractivity (Wildman–Crippen MR) is 78.2 cm³/mol. The number of rotatable bonds is 3. The van der Waals surface area contributed by atoms with Gasteiger partial charge in [-0.1, -0.05) is 23.2 Å². The van der Waals surface area contributed by atoms with Gasteiger partial charge < -0.3 is 15.5 Å². The molecule has 2 aromatic carbocycles. The summed E-state index contributed by atoms with van der Waals surface area (Å²) in [5.41, 5.74) is 1.01. The first kappa shape index (κ1) is 14.8. The molecule has 3 N–H and O–H groups in total. The first-order valence-corrected chi connectivity index (χ1v) is 6.57. The van der Waals surface area contributed by atoms with Crippen molar-refractivity contribution in [2.24, 2.45) is 0 Å². The van der Waals surface area contributed by atoms with Crippen LogP contribution in [0.15, 0.2) is 30.3 Å². The van der Waals surface area contributed by atoms with Gasteiger partial charge in [-0.3, -0.25) is 0 Å². The maximum absolute atomic E-state index is 13.3. The molecule has 20 heavy (non-hydrogen) atoms. The Morgan fingerprint density at radius 1 is 1.10 bits per heavy atom. The number of hydrogen-bond acceptors (Lipinski definition) is 3. The summed E-state index contributed by atoms with van der Waals surface area (Å²) >= 11 is 11.4. The Morgan fingerprint density at radius 3 is 2.30 bits per heavy atom. The molecule has 2 aromatic rings. The van der Waals surface area contributed by atoms with Crippen LogP contribution in [0.3, 0.4) is 0 Å². The van der Waals surface area contributed by atoms with E-state index in [0.29, 0.717) is 11.3 Å². The Labute approximate surface area is 125 Å². The molecule has 0 radical (unpaired) electrons. The number of hydrogen-bond donors (Lipinski definition) is 3. The van der Waals surface area contributed by atoms with E-state index >= 15 is 0 Å². The molecule has 0 aliphatic carbocycles. The number of phenols is 2. The summed E-state index contributed by atoms with van der Waals surface area (Å²) in [7, 11) is 0. The molecule has 0 fully saturated rings. The van der Waals surface area contributed by atoms with Gasteiger partial charge in [0.1, 0.15) is 11.5 Å². The molecule has 0 heterocycles. The molecule has 106 valence electrons. The van der Waals surface area contributed by atoms with E-state index in [-0.39, 0.29) is 27.6 Å². The van der Waals surface area contributed by atoms with Crippen molar-refractivity contribution < 1.29 is 14.6 Å². The Morgan fingerprint density at radius 2 is 1.70 bits per heavy atom. The smallest absolute Gasteiger partial charge is 0.160 e. The van der Waals surface area contributed by atoms with Crippen molar-refractivity contribution in [2.75, 3.05) is 5.32 Å². The molecule has 0 amide bonds. The average Bonchev–Trinajstić information content (AvgIpc) is 2.38. The number of halogens is 3. The lowest BCUT2D eigenvalue weighted by Gasteiger charge is -2.17. The lowest BCUT2D eigenvalue weighted by atomic mass is 10.1. The second-order valence-electron chi connectivity index (χ2n) is 4.36. The van der Waals surface area contributed by atoms with Crippen LogP contribution in [-0.4, -0.2) is 10.2 Å². The first-order chi connectivity index (χ1) is 9.38. The van der Waals surface area contributed by atoms with Gasteiger partial charge in [0.2, 0.25) is 0 Å². The van der Waals surface area contributed by atoms with E-state index in [2.05, 4.69) is 5.32 Å². The third-order valence-electron chi connectivity index (χ3n) is 2.84. The standard InChI is InChI=1S/C14H12Cl2FNO2/c1-7(10-6-9(19)2-3-13(10)20)18-8-4-11(15)14(17)12(16)5-8/h2-7,18-20H,1H3. The van der Waals surface area contributed by atoms with Crippen LogP contribution in [-0.2, 0) is 0 Å². The number of nitrogens with one attached hydrogen (secondary N) is 1. The fourth-order valence-corrected chi connectivity index (χ4v) is 2.34. The SMILES string of the molecule is CC(Nc1cc(Cl)c(F)c(Cl)c1)c1cc(O)ccc1O. The molecule has 3 nitrogen and oxygen atoms in total. The van der Waals surface area contributed by atoms with E-state index < -0.39 is 5.82 Å². The van der Waals surface area contributed by atoms with Crippen LogP contribution in [0.5, 0.6) is 11.5 Å². The Bertz CT molecular complexity index is 626. The molecule has 1 atom stereocenters. The fraction of sp³-hybridized carbons (Fsp3) is 0.143. The van der Waals surface area contributed by atoms with Crippen molar-refractivity contribution in [1.29, 1.82) is 0 Å². The highest BCUT2D eigenvalue weighted by atomic mass is 35.5. The summed E-state index contributed by atoms with van der Waals surface area (Å²) in [4.78, 5) is 0. The number of phenolic OH excluding ortho intramolecular Hbond substituents is 2. The topological polar surface area (TPSA) is 52.5 Å². The molecule has 0 saturated carbocycles. The zero-order chi connectivity index (χ0) is 14.9. The molecule has 0 bridgehead atoms. The highest BCUT2D eigenvalue weighted by Crippen LogP contribution is 2.32. The van der Waals surface area contributed by atoms with Crippen molar-refractivity contribution in [2.45, 2.75) is 13.0 Å². The summed E-state index contributed by atoms with van der Waals surface area (Å²) in [5, 5.41) is 22.1. The number of aromatic hydroxyl groups is 2. The first-order valence-electron chi connectivity index (χ1n) is 5.81. The molecule has 1 unspecified atom stereocenters. The maximum atomic E-state index is 13.3. The summed E-state index contributed by atoms with van der Waals surface area (Å²) in [6.07, 6.45) is 0. The fourth-order valence-electron chi connectivity index (χ4n) is 1.86. The van der Waals surface area contributed by atoms with Crippen molar-refractivity contribution in [3.8, 4) is 11.5 Å². The molecular weight excluding hydrogens is 304 g/mol.